The molecule has 4 N–H and O–H groups in total. The van der Waals surface area contributed by atoms with Gasteiger partial charge >= 0.3 is 0 Å². The van der Waals surface area contributed by atoms with Gasteiger partial charge in [-0.1, -0.05) is 23.5 Å². The van der Waals surface area contributed by atoms with E-state index in [9.17, 15) is 19.7 Å². The van der Waals surface area contributed by atoms with Crippen molar-refractivity contribution in [3.05, 3.63) is 47.9 Å². The summed E-state index contributed by atoms with van der Waals surface area (Å²) in [4.78, 5) is 12.4. The van der Waals surface area contributed by atoms with E-state index in [1.807, 2.05) is 41.0 Å². The Labute approximate surface area is 183 Å². The molecule has 4 rings (SSSR count). The molecule has 1 aliphatic heterocycles. The smallest absolute Gasteiger partial charge is 0.186 e. The monoisotopic (exact) mass is 447 g/mol. The SMILES string of the molecule is C[C@H](O)[C@@H](O)c1cnc(N2CCN(C(O)Nc3nc4ccccc4s3)C[C@H]2C)c(F)c1. The zero-order chi connectivity index (χ0) is 22.1. The van der Waals surface area contributed by atoms with Gasteiger partial charge in [0.05, 0.1) is 16.3 Å². The van der Waals surface area contributed by atoms with Gasteiger partial charge in [-0.2, -0.15) is 0 Å². The lowest BCUT2D eigenvalue weighted by Crippen LogP contribution is -2.57. The number of piperazine rings is 1. The molecule has 31 heavy (non-hydrogen) atoms. The van der Waals surface area contributed by atoms with Crippen LogP contribution in [0.15, 0.2) is 36.5 Å². The maximum Gasteiger partial charge on any atom is 0.186 e. The second-order valence-electron chi connectivity index (χ2n) is 7.80. The van der Waals surface area contributed by atoms with Gasteiger partial charge in [-0.15, -0.1) is 0 Å². The first-order valence-corrected chi connectivity index (χ1v) is 11.0. The zero-order valence-electron chi connectivity index (χ0n) is 17.3. The molecule has 3 aromatic rings. The molecule has 1 unspecified atom stereocenters. The summed E-state index contributed by atoms with van der Waals surface area (Å²) in [6.45, 7) is 4.85. The Morgan fingerprint density at radius 3 is 2.68 bits per heavy atom. The van der Waals surface area contributed by atoms with E-state index in [4.69, 9.17) is 0 Å². The molecule has 2 aromatic heterocycles. The maximum atomic E-state index is 14.7. The van der Waals surface area contributed by atoms with Crippen LogP contribution in [-0.4, -0.2) is 68.3 Å². The minimum atomic E-state index is -1.19. The number of aromatic nitrogens is 2. The second-order valence-corrected chi connectivity index (χ2v) is 8.83. The largest absolute Gasteiger partial charge is 0.390 e. The Bertz CT molecular complexity index is 1020. The number of fused-ring (bicyclic) bond motifs is 1. The Hall–Kier alpha value is -2.37. The molecule has 3 heterocycles. The topological polar surface area (TPSA) is 105 Å². The number of rotatable bonds is 6. The quantitative estimate of drug-likeness (QED) is 0.426. The van der Waals surface area contributed by atoms with Crippen molar-refractivity contribution in [1.29, 1.82) is 0 Å². The summed E-state index contributed by atoms with van der Waals surface area (Å²) in [5.74, 6) is -0.354. The van der Waals surface area contributed by atoms with E-state index in [2.05, 4.69) is 15.3 Å². The molecule has 4 atom stereocenters. The van der Waals surface area contributed by atoms with Gasteiger partial charge in [-0.05, 0) is 32.0 Å². The van der Waals surface area contributed by atoms with Gasteiger partial charge in [0.25, 0.3) is 0 Å². The van der Waals surface area contributed by atoms with E-state index in [1.54, 1.807) is 0 Å². The van der Waals surface area contributed by atoms with Crippen LogP contribution >= 0.6 is 11.3 Å². The summed E-state index contributed by atoms with van der Waals surface area (Å²) in [6, 6.07) is 8.90. The van der Waals surface area contributed by atoms with Gasteiger partial charge in [0.2, 0.25) is 0 Å². The standard InChI is InChI=1S/C21H26FN5O3S/c1-12-11-26(21(30)25-20-24-16-5-3-4-6-17(16)31-20)7-8-27(12)19-15(22)9-14(10-23-19)18(29)13(2)28/h3-6,9-10,12-13,18,21,28-30H,7-8,11H2,1-2H3,(H,24,25)/t12-,13+,18-,21?/m1/s1. The summed E-state index contributed by atoms with van der Waals surface area (Å²) in [6.07, 6.45) is -1.72. The van der Waals surface area contributed by atoms with Crippen LogP contribution in [0.4, 0.5) is 15.3 Å². The lowest BCUT2D eigenvalue weighted by Gasteiger charge is -2.42. The molecule has 1 saturated heterocycles. The number of benzene rings is 1. The van der Waals surface area contributed by atoms with Crippen LogP contribution in [-0.2, 0) is 0 Å². The molecule has 0 aliphatic carbocycles. The number of anilines is 2. The van der Waals surface area contributed by atoms with Crippen molar-refractivity contribution >= 4 is 32.5 Å². The first-order chi connectivity index (χ1) is 14.8. The van der Waals surface area contributed by atoms with E-state index in [0.717, 1.165) is 10.2 Å². The molecular weight excluding hydrogens is 421 g/mol. The molecule has 0 saturated carbocycles. The van der Waals surface area contributed by atoms with E-state index in [0.29, 0.717) is 24.8 Å². The molecule has 166 valence electrons. The highest BCUT2D eigenvalue weighted by Crippen LogP contribution is 2.28. The molecular formula is C21H26FN5O3S. The van der Waals surface area contributed by atoms with E-state index >= 15 is 0 Å². The number of hydrogen-bond donors (Lipinski definition) is 4. The van der Waals surface area contributed by atoms with Crippen molar-refractivity contribution in [2.45, 2.75) is 38.4 Å². The minimum absolute atomic E-state index is 0.102. The van der Waals surface area contributed by atoms with Gasteiger partial charge in [0.1, 0.15) is 6.10 Å². The minimum Gasteiger partial charge on any atom is -0.390 e. The van der Waals surface area contributed by atoms with Gasteiger partial charge in [0.15, 0.2) is 23.1 Å². The van der Waals surface area contributed by atoms with Crippen molar-refractivity contribution in [3.8, 4) is 0 Å². The normalized spacial score (nSPS) is 20.6. The number of aliphatic hydroxyl groups excluding tert-OH is 3. The van der Waals surface area contributed by atoms with E-state index in [1.165, 1.54) is 30.5 Å². The van der Waals surface area contributed by atoms with E-state index < -0.39 is 24.4 Å². The predicted molar refractivity (Wildman–Crippen MR) is 118 cm³/mol. The van der Waals surface area contributed by atoms with Crippen LogP contribution < -0.4 is 10.2 Å². The molecule has 1 fully saturated rings. The summed E-state index contributed by atoms with van der Waals surface area (Å²) >= 11 is 1.48. The highest BCUT2D eigenvalue weighted by molar-refractivity contribution is 7.22. The third kappa shape index (κ3) is 4.63. The summed E-state index contributed by atoms with van der Waals surface area (Å²) in [5.41, 5.74) is 1.11. The summed E-state index contributed by atoms with van der Waals surface area (Å²) in [7, 11) is 0. The summed E-state index contributed by atoms with van der Waals surface area (Å²) < 4.78 is 15.7. The van der Waals surface area contributed by atoms with Crippen LogP contribution in [0.25, 0.3) is 10.2 Å². The second kappa shape index (κ2) is 9.01. The molecule has 0 amide bonds. The number of thiazole rings is 1. The van der Waals surface area contributed by atoms with Crippen molar-refractivity contribution in [1.82, 2.24) is 14.9 Å². The Balaban J connectivity index is 1.41. The average molecular weight is 448 g/mol. The van der Waals surface area contributed by atoms with Crippen molar-refractivity contribution in [2.75, 3.05) is 29.9 Å². The lowest BCUT2D eigenvalue weighted by molar-refractivity contribution is 0.0145. The maximum absolute atomic E-state index is 14.7. The van der Waals surface area contributed by atoms with Gasteiger partial charge in [-0.3, -0.25) is 4.90 Å². The van der Waals surface area contributed by atoms with Crippen molar-refractivity contribution in [2.24, 2.45) is 0 Å². The number of nitrogens with zero attached hydrogens (tertiary/aromatic N) is 4. The number of halogens is 1. The lowest BCUT2D eigenvalue weighted by atomic mass is 10.1. The Kier molecular flexibility index (Phi) is 6.35. The fraction of sp³-hybridized carbons (Fsp3) is 0.429. The number of pyridine rings is 1. The first kappa shape index (κ1) is 21.8. The Morgan fingerprint density at radius 2 is 2.00 bits per heavy atom. The highest BCUT2D eigenvalue weighted by Gasteiger charge is 2.30. The Morgan fingerprint density at radius 1 is 1.23 bits per heavy atom. The van der Waals surface area contributed by atoms with Gasteiger partial charge in [0, 0.05) is 37.4 Å². The highest BCUT2D eigenvalue weighted by atomic mass is 32.1. The van der Waals surface area contributed by atoms with Crippen LogP contribution in [0, 0.1) is 5.82 Å². The number of nitrogens with one attached hydrogen (secondary N) is 1. The van der Waals surface area contributed by atoms with Crippen LogP contribution in [0.1, 0.15) is 25.5 Å². The molecule has 0 bridgehead atoms. The first-order valence-electron chi connectivity index (χ1n) is 10.2. The van der Waals surface area contributed by atoms with E-state index in [-0.39, 0.29) is 17.4 Å². The van der Waals surface area contributed by atoms with Crippen molar-refractivity contribution < 1.29 is 19.7 Å². The van der Waals surface area contributed by atoms with Crippen LogP contribution in [0.3, 0.4) is 0 Å². The molecule has 1 aromatic carbocycles. The number of hydrogen-bond acceptors (Lipinski definition) is 9. The zero-order valence-corrected chi connectivity index (χ0v) is 18.1. The van der Waals surface area contributed by atoms with Gasteiger partial charge < -0.3 is 25.5 Å². The van der Waals surface area contributed by atoms with Crippen LogP contribution in [0.5, 0.6) is 0 Å². The van der Waals surface area contributed by atoms with Crippen molar-refractivity contribution in [3.63, 3.8) is 0 Å². The molecule has 1 aliphatic rings. The fourth-order valence-corrected chi connectivity index (χ4v) is 4.64. The van der Waals surface area contributed by atoms with Crippen LogP contribution in [0.2, 0.25) is 0 Å². The molecule has 0 spiro atoms. The molecule has 0 radical (unpaired) electrons. The average Bonchev–Trinajstić information content (AvgIpc) is 3.15. The third-order valence-corrected chi connectivity index (χ3v) is 6.43. The van der Waals surface area contributed by atoms with Gasteiger partial charge in [-0.25, -0.2) is 14.4 Å². The molecule has 10 heteroatoms. The summed E-state index contributed by atoms with van der Waals surface area (Å²) in [5, 5.41) is 33.8. The third-order valence-electron chi connectivity index (χ3n) is 5.46. The number of aliphatic hydroxyl groups is 3. The fourth-order valence-electron chi connectivity index (χ4n) is 3.76. The number of para-hydroxylation sites is 1. The molecule has 8 nitrogen and oxygen atoms in total. The predicted octanol–water partition coefficient (Wildman–Crippen LogP) is 2.14.